The van der Waals surface area contributed by atoms with Crippen molar-refractivity contribution in [3.8, 4) is 11.1 Å². The molecule has 164 valence electrons. The third kappa shape index (κ3) is 4.62. The van der Waals surface area contributed by atoms with E-state index < -0.39 is 0 Å². The van der Waals surface area contributed by atoms with Crippen LogP contribution in [0.25, 0.3) is 11.1 Å². The number of halogens is 2. The van der Waals surface area contributed by atoms with Crippen molar-refractivity contribution in [3.05, 3.63) is 70.1 Å². The molecule has 0 aliphatic carbocycles. The number of anilines is 1. The average Bonchev–Trinajstić information content (AvgIpc) is 3.04. The van der Waals surface area contributed by atoms with Crippen LogP contribution in [0.4, 0.5) is 10.2 Å². The Kier molecular flexibility index (Phi) is 6.18. The predicted octanol–water partition coefficient (Wildman–Crippen LogP) is 4.41. The van der Waals surface area contributed by atoms with Crippen molar-refractivity contribution in [2.24, 2.45) is 12.1 Å². The van der Waals surface area contributed by atoms with Crippen LogP contribution in [0.5, 0.6) is 0 Å². The molecular formula is C23H21BrFN5O2. The molecule has 0 saturated carbocycles. The zero-order valence-corrected chi connectivity index (χ0v) is 19.2. The van der Waals surface area contributed by atoms with Crippen LogP contribution >= 0.6 is 15.9 Å². The Bertz CT molecular complexity index is 1200. The molecule has 0 unspecified atom stereocenters. The van der Waals surface area contributed by atoms with E-state index in [1.54, 1.807) is 23.9 Å². The van der Waals surface area contributed by atoms with Crippen LogP contribution in [0, 0.1) is 12.7 Å². The first-order valence-electron chi connectivity index (χ1n) is 10.0. The monoisotopic (exact) mass is 497 g/mol. The smallest absolute Gasteiger partial charge is 0.273 e. The number of hydrogen-bond acceptors (Lipinski definition) is 4. The van der Waals surface area contributed by atoms with Gasteiger partial charge in [-0.15, -0.1) is 0 Å². The Balaban J connectivity index is 1.58. The molecule has 2 aromatic carbocycles. The number of benzene rings is 2. The number of aryl methyl sites for hydroxylation is 2. The molecule has 0 bridgehead atoms. The molecule has 32 heavy (non-hydrogen) atoms. The minimum absolute atomic E-state index is 0.171. The number of rotatable bonds is 5. The van der Waals surface area contributed by atoms with E-state index in [4.69, 9.17) is 0 Å². The summed E-state index contributed by atoms with van der Waals surface area (Å²) in [4.78, 5) is 25.3. The van der Waals surface area contributed by atoms with Crippen LogP contribution in [-0.2, 0) is 23.2 Å². The van der Waals surface area contributed by atoms with Crippen molar-refractivity contribution in [2.45, 2.75) is 26.3 Å². The predicted molar refractivity (Wildman–Crippen MR) is 123 cm³/mol. The van der Waals surface area contributed by atoms with Gasteiger partial charge in [0.2, 0.25) is 5.91 Å². The van der Waals surface area contributed by atoms with Gasteiger partial charge in [-0.2, -0.15) is 10.2 Å². The molecule has 4 rings (SSSR count). The summed E-state index contributed by atoms with van der Waals surface area (Å²) >= 11 is 3.43. The van der Waals surface area contributed by atoms with Gasteiger partial charge in [0.25, 0.3) is 5.91 Å². The van der Waals surface area contributed by atoms with Gasteiger partial charge in [-0.05, 0) is 42.3 Å². The first-order valence-corrected chi connectivity index (χ1v) is 10.8. The molecule has 7 nitrogen and oxygen atoms in total. The Labute approximate surface area is 193 Å². The van der Waals surface area contributed by atoms with Gasteiger partial charge in [0, 0.05) is 29.9 Å². The van der Waals surface area contributed by atoms with Gasteiger partial charge in [-0.3, -0.25) is 14.3 Å². The lowest BCUT2D eigenvalue weighted by Crippen LogP contribution is -2.36. The highest BCUT2D eigenvalue weighted by molar-refractivity contribution is 9.10. The molecule has 3 aromatic rings. The van der Waals surface area contributed by atoms with E-state index in [1.165, 1.54) is 17.1 Å². The number of nitrogens with one attached hydrogen (secondary N) is 1. The van der Waals surface area contributed by atoms with E-state index in [1.807, 2.05) is 31.2 Å². The molecule has 0 saturated heterocycles. The van der Waals surface area contributed by atoms with Crippen molar-refractivity contribution < 1.29 is 14.0 Å². The van der Waals surface area contributed by atoms with E-state index in [-0.39, 0.29) is 42.7 Å². The molecule has 1 aromatic heterocycles. The minimum Gasteiger partial charge on any atom is -0.305 e. The lowest BCUT2D eigenvalue weighted by Gasteiger charge is -2.23. The van der Waals surface area contributed by atoms with Crippen molar-refractivity contribution in [1.29, 1.82) is 0 Å². The molecular weight excluding hydrogens is 477 g/mol. The topological polar surface area (TPSA) is 79.6 Å². The Morgan fingerprint density at radius 1 is 1.12 bits per heavy atom. The Morgan fingerprint density at radius 2 is 1.81 bits per heavy atom. The van der Waals surface area contributed by atoms with Gasteiger partial charge in [0.1, 0.15) is 17.3 Å². The fourth-order valence-electron chi connectivity index (χ4n) is 3.59. The number of hydrogen-bond donors (Lipinski definition) is 1. The number of amides is 2. The molecule has 9 heteroatoms. The van der Waals surface area contributed by atoms with E-state index in [2.05, 4.69) is 31.4 Å². The fraction of sp³-hybridized carbons (Fsp3) is 0.217. The minimum atomic E-state index is -0.386. The molecule has 0 atom stereocenters. The summed E-state index contributed by atoms with van der Waals surface area (Å²) in [6, 6.07) is 13.6. The molecule has 0 fully saturated rings. The first-order chi connectivity index (χ1) is 15.3. The SMILES string of the molecule is Cc1nn(C)c(NC(=O)C2=NN(Cc3ccc(F)cc3)C(=O)CC2)c1-c1ccc(Br)cc1. The quantitative estimate of drug-likeness (QED) is 0.566. The number of hydrazone groups is 1. The largest absolute Gasteiger partial charge is 0.305 e. The maximum atomic E-state index is 13.2. The van der Waals surface area contributed by atoms with Crippen LogP contribution in [0.1, 0.15) is 24.1 Å². The third-order valence-electron chi connectivity index (χ3n) is 5.20. The van der Waals surface area contributed by atoms with Gasteiger partial charge < -0.3 is 5.32 Å². The summed E-state index contributed by atoms with van der Waals surface area (Å²) in [5.41, 5.74) is 3.51. The van der Waals surface area contributed by atoms with Crippen molar-refractivity contribution in [3.63, 3.8) is 0 Å². The average molecular weight is 498 g/mol. The van der Waals surface area contributed by atoms with Gasteiger partial charge in [-0.1, -0.05) is 40.2 Å². The molecule has 1 aliphatic heterocycles. The standard InChI is InChI=1S/C23H21BrFN5O2/c1-14-21(16-5-7-17(24)8-6-16)22(29(2)27-14)26-23(32)19-11-12-20(31)30(28-19)13-15-3-9-18(25)10-4-15/h3-10H,11-13H2,1-2H3,(H,26,32). The van der Waals surface area contributed by atoms with Crippen LogP contribution < -0.4 is 5.32 Å². The zero-order chi connectivity index (χ0) is 22.8. The second-order valence-corrected chi connectivity index (χ2v) is 8.43. The Hall–Kier alpha value is -3.33. The number of aromatic nitrogens is 2. The number of carbonyl (C=O) groups is 2. The fourth-order valence-corrected chi connectivity index (χ4v) is 3.86. The Morgan fingerprint density at radius 3 is 2.50 bits per heavy atom. The lowest BCUT2D eigenvalue weighted by molar-refractivity contribution is -0.132. The first kappa shape index (κ1) is 21.9. The highest BCUT2D eigenvalue weighted by atomic mass is 79.9. The second kappa shape index (κ2) is 9.04. The van der Waals surface area contributed by atoms with Gasteiger partial charge >= 0.3 is 0 Å². The highest BCUT2D eigenvalue weighted by Gasteiger charge is 2.26. The third-order valence-corrected chi connectivity index (χ3v) is 5.73. The molecule has 1 aliphatic rings. The summed E-state index contributed by atoms with van der Waals surface area (Å²) in [5, 5.41) is 12.9. The van der Waals surface area contributed by atoms with Crippen molar-refractivity contribution in [1.82, 2.24) is 14.8 Å². The molecule has 2 amide bonds. The second-order valence-electron chi connectivity index (χ2n) is 7.52. The van der Waals surface area contributed by atoms with Gasteiger partial charge in [-0.25, -0.2) is 9.40 Å². The zero-order valence-electron chi connectivity index (χ0n) is 17.6. The summed E-state index contributed by atoms with van der Waals surface area (Å²) in [6.07, 6.45) is 0.423. The molecule has 1 N–H and O–H groups in total. The van der Waals surface area contributed by atoms with E-state index in [0.717, 1.165) is 26.9 Å². The summed E-state index contributed by atoms with van der Waals surface area (Å²) < 4.78 is 15.7. The molecule has 0 spiro atoms. The van der Waals surface area contributed by atoms with Crippen molar-refractivity contribution >= 4 is 39.3 Å². The normalized spacial score (nSPS) is 13.8. The molecule has 2 heterocycles. The maximum Gasteiger partial charge on any atom is 0.273 e. The van der Waals surface area contributed by atoms with E-state index in [9.17, 15) is 14.0 Å². The number of nitrogens with zero attached hydrogens (tertiary/aromatic N) is 4. The maximum absolute atomic E-state index is 13.2. The lowest BCUT2D eigenvalue weighted by atomic mass is 10.1. The van der Waals surface area contributed by atoms with E-state index >= 15 is 0 Å². The summed E-state index contributed by atoms with van der Waals surface area (Å²) in [7, 11) is 1.76. The molecule has 0 radical (unpaired) electrons. The van der Waals surface area contributed by atoms with Crippen molar-refractivity contribution in [2.75, 3.05) is 5.32 Å². The van der Waals surface area contributed by atoms with Crippen LogP contribution in [0.3, 0.4) is 0 Å². The van der Waals surface area contributed by atoms with Gasteiger partial charge in [0.05, 0.1) is 12.2 Å². The van der Waals surface area contributed by atoms with Crippen LogP contribution in [0.2, 0.25) is 0 Å². The summed E-state index contributed by atoms with van der Waals surface area (Å²) in [5.74, 6) is -0.365. The van der Waals surface area contributed by atoms with Gasteiger partial charge in [0.15, 0.2) is 0 Å². The number of carbonyl (C=O) groups excluding carboxylic acids is 2. The highest BCUT2D eigenvalue weighted by Crippen LogP contribution is 2.32. The van der Waals surface area contributed by atoms with Crippen LogP contribution in [0.15, 0.2) is 58.1 Å². The van der Waals surface area contributed by atoms with Crippen LogP contribution in [-0.4, -0.2) is 32.3 Å². The van der Waals surface area contributed by atoms with E-state index in [0.29, 0.717) is 5.82 Å². The summed E-state index contributed by atoms with van der Waals surface area (Å²) in [6.45, 7) is 2.05.